The number of nitrogens with one attached hydrogen (secondary N) is 2. The number of benzene rings is 3. The molecule has 29 heavy (non-hydrogen) atoms. The molecule has 0 aliphatic rings. The Kier molecular flexibility index (Phi) is 6.17. The number of anilines is 2. The van der Waals surface area contributed by atoms with E-state index < -0.39 is 15.9 Å². The molecule has 0 aliphatic carbocycles. The number of halogens is 2. The summed E-state index contributed by atoms with van der Waals surface area (Å²) in [5.41, 5.74) is 2.57. The number of amides is 1. The van der Waals surface area contributed by atoms with Gasteiger partial charge in [-0.15, -0.1) is 0 Å². The Balaban J connectivity index is 1.87. The van der Waals surface area contributed by atoms with Gasteiger partial charge in [-0.05, 0) is 61.9 Å². The molecule has 0 heterocycles. The first kappa shape index (κ1) is 21.2. The van der Waals surface area contributed by atoms with Crippen LogP contribution in [0.15, 0.2) is 65.6 Å². The zero-order valence-electron chi connectivity index (χ0n) is 15.7. The zero-order valence-corrected chi connectivity index (χ0v) is 18.0. The Bertz CT molecular complexity index is 1180. The fourth-order valence-electron chi connectivity index (χ4n) is 2.63. The summed E-state index contributed by atoms with van der Waals surface area (Å²) in [7, 11) is -3.80. The van der Waals surface area contributed by atoms with Crippen molar-refractivity contribution in [3.63, 3.8) is 0 Å². The molecule has 8 heteroatoms. The van der Waals surface area contributed by atoms with Gasteiger partial charge >= 0.3 is 0 Å². The summed E-state index contributed by atoms with van der Waals surface area (Å²) in [6, 6.07) is 16.0. The van der Waals surface area contributed by atoms with Crippen LogP contribution in [0.4, 0.5) is 11.4 Å². The van der Waals surface area contributed by atoms with Crippen LogP contribution in [0.1, 0.15) is 21.5 Å². The van der Waals surface area contributed by atoms with Crippen LogP contribution in [0.5, 0.6) is 0 Å². The Morgan fingerprint density at radius 1 is 0.897 bits per heavy atom. The Labute approximate surface area is 179 Å². The van der Waals surface area contributed by atoms with Crippen LogP contribution >= 0.6 is 23.2 Å². The van der Waals surface area contributed by atoms with E-state index in [1.54, 1.807) is 37.3 Å². The van der Waals surface area contributed by atoms with Crippen molar-refractivity contribution in [2.75, 3.05) is 10.0 Å². The summed E-state index contributed by atoms with van der Waals surface area (Å²) in [5, 5.41) is 3.47. The quantitative estimate of drug-likeness (QED) is 0.528. The van der Waals surface area contributed by atoms with Gasteiger partial charge in [-0.3, -0.25) is 9.52 Å². The third kappa shape index (κ3) is 4.90. The summed E-state index contributed by atoms with van der Waals surface area (Å²) >= 11 is 12.3. The molecule has 3 aromatic carbocycles. The fraction of sp³-hybridized carbons (Fsp3) is 0.0952. The number of aryl methyl sites for hydroxylation is 1. The van der Waals surface area contributed by atoms with E-state index in [-0.39, 0.29) is 21.2 Å². The molecule has 150 valence electrons. The van der Waals surface area contributed by atoms with E-state index in [0.29, 0.717) is 10.7 Å². The van der Waals surface area contributed by atoms with Gasteiger partial charge in [0.2, 0.25) is 0 Å². The van der Waals surface area contributed by atoms with Gasteiger partial charge in [0, 0.05) is 16.4 Å². The third-order valence-corrected chi connectivity index (χ3v) is 6.45. The Morgan fingerprint density at radius 2 is 1.59 bits per heavy atom. The van der Waals surface area contributed by atoms with E-state index in [9.17, 15) is 13.2 Å². The molecule has 0 fully saturated rings. The second-order valence-corrected chi connectivity index (χ2v) is 8.98. The minimum atomic E-state index is -3.80. The van der Waals surface area contributed by atoms with E-state index in [4.69, 9.17) is 23.2 Å². The van der Waals surface area contributed by atoms with Gasteiger partial charge in [-0.25, -0.2) is 8.42 Å². The molecule has 0 atom stereocenters. The molecule has 0 saturated heterocycles. The summed E-state index contributed by atoms with van der Waals surface area (Å²) < 4.78 is 27.7. The Morgan fingerprint density at radius 3 is 2.28 bits per heavy atom. The lowest BCUT2D eigenvalue weighted by atomic mass is 10.1. The highest BCUT2D eigenvalue weighted by Crippen LogP contribution is 2.27. The van der Waals surface area contributed by atoms with Crippen molar-refractivity contribution < 1.29 is 13.2 Å². The van der Waals surface area contributed by atoms with Crippen molar-refractivity contribution in [3.05, 3.63) is 87.4 Å². The first-order valence-corrected chi connectivity index (χ1v) is 10.9. The maximum absolute atomic E-state index is 12.7. The van der Waals surface area contributed by atoms with E-state index >= 15 is 0 Å². The van der Waals surface area contributed by atoms with Crippen molar-refractivity contribution in [1.29, 1.82) is 0 Å². The average molecular weight is 449 g/mol. The minimum Gasteiger partial charge on any atom is -0.322 e. The highest BCUT2D eigenvalue weighted by Gasteiger charge is 2.17. The topological polar surface area (TPSA) is 75.3 Å². The lowest BCUT2D eigenvalue weighted by molar-refractivity contribution is 0.102. The van der Waals surface area contributed by atoms with Crippen LogP contribution in [-0.2, 0) is 10.0 Å². The summed E-state index contributed by atoms with van der Waals surface area (Å²) in [6.45, 7) is 3.65. The van der Waals surface area contributed by atoms with Crippen molar-refractivity contribution in [1.82, 2.24) is 0 Å². The van der Waals surface area contributed by atoms with E-state index in [1.165, 1.54) is 30.3 Å². The number of sulfonamides is 1. The smallest absolute Gasteiger partial charge is 0.261 e. The lowest BCUT2D eigenvalue weighted by Gasteiger charge is -2.13. The van der Waals surface area contributed by atoms with Crippen LogP contribution in [0, 0.1) is 13.8 Å². The largest absolute Gasteiger partial charge is 0.322 e. The average Bonchev–Trinajstić information content (AvgIpc) is 2.67. The molecule has 0 saturated carbocycles. The summed E-state index contributed by atoms with van der Waals surface area (Å²) in [5.74, 6) is -0.475. The monoisotopic (exact) mass is 448 g/mol. The maximum Gasteiger partial charge on any atom is 0.261 e. The van der Waals surface area contributed by atoms with Crippen LogP contribution < -0.4 is 10.0 Å². The molecule has 1 amide bonds. The van der Waals surface area contributed by atoms with Crippen molar-refractivity contribution in [2.45, 2.75) is 18.7 Å². The molecule has 3 aromatic rings. The van der Waals surface area contributed by atoms with Gasteiger partial charge in [-0.1, -0.05) is 47.0 Å². The number of carbonyl (C=O) groups is 1. The predicted molar refractivity (Wildman–Crippen MR) is 118 cm³/mol. The molecule has 0 bridgehead atoms. The predicted octanol–water partition coefficient (Wildman–Crippen LogP) is 5.66. The van der Waals surface area contributed by atoms with Crippen LogP contribution in [-0.4, -0.2) is 14.3 Å². The van der Waals surface area contributed by atoms with Gasteiger partial charge in [0.05, 0.1) is 15.5 Å². The molecule has 0 aliphatic heterocycles. The molecule has 0 spiro atoms. The number of rotatable bonds is 5. The summed E-state index contributed by atoms with van der Waals surface area (Å²) in [6.07, 6.45) is 0. The molecular formula is C21H18Cl2N2O3S. The van der Waals surface area contributed by atoms with Crippen molar-refractivity contribution >= 4 is 50.5 Å². The van der Waals surface area contributed by atoms with Gasteiger partial charge in [0.1, 0.15) is 0 Å². The zero-order chi connectivity index (χ0) is 21.2. The fourth-order valence-corrected chi connectivity index (χ4v) is 4.05. The number of hydrogen-bond acceptors (Lipinski definition) is 3. The molecule has 2 N–H and O–H groups in total. The van der Waals surface area contributed by atoms with Gasteiger partial charge in [0.15, 0.2) is 0 Å². The van der Waals surface area contributed by atoms with Crippen molar-refractivity contribution in [2.24, 2.45) is 0 Å². The molecule has 3 rings (SSSR count). The van der Waals surface area contributed by atoms with Gasteiger partial charge in [0.25, 0.3) is 15.9 Å². The first-order chi connectivity index (χ1) is 13.7. The molecule has 0 radical (unpaired) electrons. The third-order valence-electron chi connectivity index (χ3n) is 4.31. The normalized spacial score (nSPS) is 11.2. The van der Waals surface area contributed by atoms with Crippen LogP contribution in [0.3, 0.4) is 0 Å². The summed E-state index contributed by atoms with van der Waals surface area (Å²) in [4.78, 5) is 12.8. The van der Waals surface area contributed by atoms with E-state index in [2.05, 4.69) is 10.0 Å². The second-order valence-electron chi connectivity index (χ2n) is 6.48. The minimum absolute atomic E-state index is 0.124. The number of carbonyl (C=O) groups excluding carboxylic acids is 1. The van der Waals surface area contributed by atoms with E-state index in [1.807, 2.05) is 6.92 Å². The van der Waals surface area contributed by atoms with Crippen LogP contribution in [0.2, 0.25) is 10.0 Å². The number of hydrogen-bond donors (Lipinski definition) is 2. The van der Waals surface area contributed by atoms with Crippen molar-refractivity contribution in [3.8, 4) is 0 Å². The standard InChI is InChI=1S/C21H18Cl2N2O3S/c1-13-6-9-16(10-7-13)29(27,28)25-15-8-11-19(23)17(12-15)21(26)24-20-5-3-4-18(22)14(20)2/h3-12,25H,1-2H3,(H,24,26). The second kappa shape index (κ2) is 8.45. The van der Waals surface area contributed by atoms with Crippen LogP contribution in [0.25, 0.3) is 0 Å². The highest BCUT2D eigenvalue weighted by atomic mass is 35.5. The van der Waals surface area contributed by atoms with Gasteiger partial charge < -0.3 is 5.32 Å². The first-order valence-electron chi connectivity index (χ1n) is 8.63. The Hall–Kier alpha value is -2.54. The maximum atomic E-state index is 12.7. The molecule has 5 nitrogen and oxygen atoms in total. The molecule has 0 aromatic heterocycles. The SMILES string of the molecule is Cc1ccc(S(=O)(=O)Nc2ccc(Cl)c(C(=O)Nc3cccc(Cl)c3C)c2)cc1. The lowest BCUT2D eigenvalue weighted by Crippen LogP contribution is -2.16. The molecular weight excluding hydrogens is 431 g/mol. The highest BCUT2D eigenvalue weighted by molar-refractivity contribution is 7.92. The van der Waals surface area contributed by atoms with Gasteiger partial charge in [-0.2, -0.15) is 0 Å². The van der Waals surface area contributed by atoms with E-state index in [0.717, 1.165) is 11.1 Å². The molecule has 0 unspecified atom stereocenters.